The SMILES string of the molecule is CCOC(=O)/C=C/Oc1ccc(-c2nnn(C)c2COC(=O)N(C)Cc2ccccc2)cc1. The number of esters is 1. The monoisotopic (exact) mass is 450 g/mol. The quantitative estimate of drug-likeness (QED) is 0.279. The molecule has 0 aliphatic heterocycles. The third kappa shape index (κ3) is 6.67. The molecule has 0 saturated heterocycles. The van der Waals surface area contributed by atoms with Crippen LogP contribution < -0.4 is 4.74 Å². The van der Waals surface area contributed by atoms with Crippen molar-refractivity contribution in [3.63, 3.8) is 0 Å². The lowest BCUT2D eigenvalue weighted by molar-refractivity contribution is -0.137. The number of benzene rings is 2. The second-order valence-corrected chi connectivity index (χ2v) is 7.10. The molecule has 0 atom stereocenters. The minimum atomic E-state index is -0.470. The average molecular weight is 450 g/mol. The molecule has 3 rings (SSSR count). The van der Waals surface area contributed by atoms with E-state index in [2.05, 4.69) is 10.3 Å². The summed E-state index contributed by atoms with van der Waals surface area (Å²) in [4.78, 5) is 25.3. The van der Waals surface area contributed by atoms with E-state index in [4.69, 9.17) is 14.2 Å². The van der Waals surface area contributed by atoms with E-state index in [1.807, 2.05) is 42.5 Å². The molecule has 33 heavy (non-hydrogen) atoms. The van der Waals surface area contributed by atoms with E-state index in [-0.39, 0.29) is 6.61 Å². The second-order valence-electron chi connectivity index (χ2n) is 7.10. The first-order chi connectivity index (χ1) is 16.0. The van der Waals surface area contributed by atoms with Gasteiger partial charge in [-0.25, -0.2) is 14.3 Å². The molecule has 0 fully saturated rings. The van der Waals surface area contributed by atoms with Crippen LogP contribution in [0.25, 0.3) is 11.3 Å². The number of ether oxygens (including phenoxy) is 3. The van der Waals surface area contributed by atoms with Crippen molar-refractivity contribution in [2.45, 2.75) is 20.1 Å². The van der Waals surface area contributed by atoms with E-state index < -0.39 is 12.1 Å². The summed E-state index contributed by atoms with van der Waals surface area (Å²) < 4.78 is 17.3. The number of hydrogen-bond acceptors (Lipinski definition) is 7. The van der Waals surface area contributed by atoms with Crippen LogP contribution in [0.5, 0.6) is 5.75 Å². The summed E-state index contributed by atoms with van der Waals surface area (Å²) in [6.07, 6.45) is 2.04. The number of carbonyl (C=O) groups is 2. The Balaban J connectivity index is 1.61. The van der Waals surface area contributed by atoms with Crippen molar-refractivity contribution in [3.8, 4) is 17.0 Å². The third-order valence-corrected chi connectivity index (χ3v) is 4.67. The predicted octanol–water partition coefficient (Wildman–Crippen LogP) is 3.71. The summed E-state index contributed by atoms with van der Waals surface area (Å²) in [6.45, 7) is 2.51. The number of carbonyl (C=O) groups excluding carboxylic acids is 2. The first-order valence-electron chi connectivity index (χ1n) is 10.4. The molecular formula is C24H26N4O5. The van der Waals surface area contributed by atoms with E-state index in [0.29, 0.717) is 30.3 Å². The summed E-state index contributed by atoms with van der Waals surface area (Å²) in [5.74, 6) is 0.0704. The molecule has 1 aromatic heterocycles. The first-order valence-corrected chi connectivity index (χ1v) is 10.4. The van der Waals surface area contributed by atoms with Gasteiger partial charge in [0.1, 0.15) is 23.7 Å². The van der Waals surface area contributed by atoms with E-state index in [0.717, 1.165) is 11.1 Å². The Labute approximate surface area is 192 Å². The summed E-state index contributed by atoms with van der Waals surface area (Å²) in [5.41, 5.74) is 3.06. The Kier molecular flexibility index (Phi) is 8.18. The molecular weight excluding hydrogens is 424 g/mol. The third-order valence-electron chi connectivity index (χ3n) is 4.67. The number of rotatable bonds is 9. The number of hydrogen-bond donors (Lipinski definition) is 0. The average Bonchev–Trinajstić information content (AvgIpc) is 3.19. The molecule has 0 saturated carbocycles. The largest absolute Gasteiger partial charge is 0.465 e. The lowest BCUT2D eigenvalue weighted by Gasteiger charge is -2.17. The zero-order chi connectivity index (χ0) is 23.6. The lowest BCUT2D eigenvalue weighted by Crippen LogP contribution is -2.27. The van der Waals surface area contributed by atoms with Crippen molar-refractivity contribution in [2.75, 3.05) is 13.7 Å². The molecule has 1 heterocycles. The zero-order valence-corrected chi connectivity index (χ0v) is 18.8. The second kappa shape index (κ2) is 11.5. The van der Waals surface area contributed by atoms with Gasteiger partial charge in [-0.15, -0.1) is 5.10 Å². The van der Waals surface area contributed by atoms with Gasteiger partial charge in [0, 0.05) is 26.2 Å². The van der Waals surface area contributed by atoms with Crippen molar-refractivity contribution in [1.82, 2.24) is 19.9 Å². The van der Waals surface area contributed by atoms with Gasteiger partial charge in [0.05, 0.1) is 18.9 Å². The van der Waals surface area contributed by atoms with Crippen LogP contribution in [0.15, 0.2) is 66.9 Å². The lowest BCUT2D eigenvalue weighted by atomic mass is 10.1. The highest BCUT2D eigenvalue weighted by molar-refractivity contribution is 5.81. The maximum atomic E-state index is 12.4. The molecule has 0 N–H and O–H groups in total. The molecule has 9 heteroatoms. The minimum absolute atomic E-state index is 0.0251. The predicted molar refractivity (Wildman–Crippen MR) is 121 cm³/mol. The molecule has 2 aromatic carbocycles. The highest BCUT2D eigenvalue weighted by Crippen LogP contribution is 2.24. The molecule has 1 amide bonds. The van der Waals surface area contributed by atoms with Crippen LogP contribution in [0.2, 0.25) is 0 Å². The standard InChI is InChI=1S/C24H26N4O5/c1-4-31-22(29)14-15-32-20-12-10-19(11-13-20)23-21(28(3)26-25-23)17-33-24(30)27(2)16-18-8-6-5-7-9-18/h5-15H,4,16-17H2,1-3H3/b15-14+. The van der Waals surface area contributed by atoms with E-state index in [9.17, 15) is 9.59 Å². The van der Waals surface area contributed by atoms with Crippen molar-refractivity contribution < 1.29 is 23.8 Å². The summed E-state index contributed by atoms with van der Waals surface area (Å²) >= 11 is 0. The number of amides is 1. The van der Waals surface area contributed by atoms with Gasteiger partial charge in [0.15, 0.2) is 0 Å². The maximum Gasteiger partial charge on any atom is 0.410 e. The van der Waals surface area contributed by atoms with E-state index in [1.165, 1.54) is 17.2 Å². The van der Waals surface area contributed by atoms with Crippen LogP contribution in [0, 0.1) is 0 Å². The first kappa shape index (κ1) is 23.5. The van der Waals surface area contributed by atoms with Gasteiger partial charge >= 0.3 is 12.1 Å². The van der Waals surface area contributed by atoms with E-state index >= 15 is 0 Å². The van der Waals surface area contributed by atoms with Crippen molar-refractivity contribution in [3.05, 3.63) is 78.2 Å². The smallest absolute Gasteiger partial charge is 0.410 e. The normalized spacial score (nSPS) is 10.8. The van der Waals surface area contributed by atoms with Gasteiger partial charge in [-0.1, -0.05) is 35.5 Å². The summed E-state index contributed by atoms with van der Waals surface area (Å²) in [6, 6.07) is 16.8. The van der Waals surface area contributed by atoms with Crippen LogP contribution in [0.1, 0.15) is 18.2 Å². The Morgan fingerprint density at radius 1 is 1.06 bits per heavy atom. The van der Waals surface area contributed by atoms with E-state index in [1.54, 1.807) is 37.8 Å². The fraction of sp³-hybridized carbons (Fsp3) is 0.250. The fourth-order valence-electron chi connectivity index (χ4n) is 2.97. The molecule has 0 aliphatic rings. The molecule has 0 aliphatic carbocycles. The number of nitrogens with zero attached hydrogens (tertiary/aromatic N) is 4. The molecule has 0 unspecified atom stereocenters. The number of aromatic nitrogens is 3. The highest BCUT2D eigenvalue weighted by atomic mass is 16.6. The van der Waals surface area contributed by atoms with Crippen LogP contribution in [0.3, 0.4) is 0 Å². The fourth-order valence-corrected chi connectivity index (χ4v) is 2.97. The van der Waals surface area contributed by atoms with Gasteiger partial charge in [-0.05, 0) is 36.8 Å². The van der Waals surface area contributed by atoms with Gasteiger partial charge in [-0.2, -0.15) is 0 Å². The van der Waals surface area contributed by atoms with Crippen LogP contribution in [-0.4, -0.2) is 45.6 Å². The molecule has 0 bridgehead atoms. The van der Waals surface area contributed by atoms with Gasteiger partial charge in [0.25, 0.3) is 0 Å². The molecule has 172 valence electrons. The Morgan fingerprint density at radius 3 is 2.48 bits per heavy atom. The Bertz CT molecular complexity index is 1090. The molecule has 0 spiro atoms. The topological polar surface area (TPSA) is 95.8 Å². The van der Waals surface area contributed by atoms with Gasteiger partial charge in [-0.3, -0.25) is 0 Å². The Hall–Kier alpha value is -4.14. The van der Waals surface area contributed by atoms with Crippen LogP contribution in [-0.2, 0) is 34.5 Å². The Morgan fingerprint density at radius 2 is 1.79 bits per heavy atom. The minimum Gasteiger partial charge on any atom is -0.465 e. The van der Waals surface area contributed by atoms with Crippen molar-refractivity contribution in [1.29, 1.82) is 0 Å². The zero-order valence-electron chi connectivity index (χ0n) is 18.8. The van der Waals surface area contributed by atoms with Crippen LogP contribution >= 0.6 is 0 Å². The summed E-state index contributed by atoms with van der Waals surface area (Å²) in [5, 5.41) is 8.26. The number of aryl methyl sites for hydroxylation is 1. The molecule has 9 nitrogen and oxygen atoms in total. The van der Waals surface area contributed by atoms with Gasteiger partial charge in [0.2, 0.25) is 0 Å². The highest BCUT2D eigenvalue weighted by Gasteiger charge is 2.17. The molecule has 0 radical (unpaired) electrons. The molecule has 3 aromatic rings. The maximum absolute atomic E-state index is 12.4. The van der Waals surface area contributed by atoms with Crippen LogP contribution in [0.4, 0.5) is 4.79 Å². The van der Waals surface area contributed by atoms with Crippen molar-refractivity contribution >= 4 is 12.1 Å². The summed E-state index contributed by atoms with van der Waals surface area (Å²) in [7, 11) is 3.43. The van der Waals surface area contributed by atoms with Crippen molar-refractivity contribution in [2.24, 2.45) is 7.05 Å². The van der Waals surface area contributed by atoms with Gasteiger partial charge < -0.3 is 19.1 Å².